The molecule has 0 aromatic rings. The molecule has 0 atom stereocenters. The summed E-state index contributed by atoms with van der Waals surface area (Å²) in [7, 11) is 0. The summed E-state index contributed by atoms with van der Waals surface area (Å²) in [4.78, 5) is 10.9. The van der Waals surface area contributed by atoms with Gasteiger partial charge in [0.25, 0.3) is 5.91 Å². The van der Waals surface area contributed by atoms with E-state index in [1.165, 1.54) is 0 Å². The minimum Gasteiger partial charge on any atom is -0.281 e. The number of amides is 1. The maximum Gasteiger partial charge on any atom is 0.257 e. The third kappa shape index (κ3) is 2.84. The molecule has 1 amide bonds. The van der Waals surface area contributed by atoms with Gasteiger partial charge in [-0.05, 0) is 13.8 Å². The van der Waals surface area contributed by atoms with E-state index in [0.29, 0.717) is 5.57 Å². The van der Waals surface area contributed by atoms with Crippen LogP contribution in [0.15, 0.2) is 12.2 Å². The maximum atomic E-state index is 10.9. The first-order valence-corrected chi connectivity index (χ1v) is 3.69. The van der Waals surface area contributed by atoms with Crippen LogP contribution in [-0.2, 0) is 4.79 Å². The highest BCUT2D eigenvalue weighted by Crippen LogP contribution is 2.03. The van der Waals surface area contributed by atoms with Gasteiger partial charge in [-0.1, -0.05) is 6.58 Å². The maximum absolute atomic E-state index is 10.9. The van der Waals surface area contributed by atoms with Crippen molar-refractivity contribution in [3.05, 3.63) is 12.2 Å². The Morgan fingerprint density at radius 3 is 2.33 bits per heavy atom. The molecular formula is C6H10INO. The summed E-state index contributed by atoms with van der Waals surface area (Å²) in [5.41, 5.74) is 0.589. The summed E-state index contributed by atoms with van der Waals surface area (Å²) in [5.74, 6) is 0.0121. The molecule has 0 saturated heterocycles. The van der Waals surface area contributed by atoms with E-state index in [9.17, 15) is 4.79 Å². The number of likely N-dealkylation sites (N-methyl/N-ethyl adjacent to an activating group) is 1. The predicted octanol–water partition coefficient (Wildman–Crippen LogP) is 1.76. The van der Waals surface area contributed by atoms with Gasteiger partial charge in [0.15, 0.2) is 0 Å². The van der Waals surface area contributed by atoms with Gasteiger partial charge < -0.3 is 0 Å². The van der Waals surface area contributed by atoms with Gasteiger partial charge in [0.2, 0.25) is 0 Å². The highest BCUT2D eigenvalue weighted by Gasteiger charge is 2.06. The molecule has 0 unspecified atom stereocenters. The second kappa shape index (κ2) is 3.87. The van der Waals surface area contributed by atoms with Crippen molar-refractivity contribution >= 4 is 28.8 Å². The van der Waals surface area contributed by atoms with Crippen molar-refractivity contribution in [3.63, 3.8) is 0 Å². The molecule has 0 aliphatic rings. The van der Waals surface area contributed by atoms with Crippen molar-refractivity contribution in [2.24, 2.45) is 0 Å². The van der Waals surface area contributed by atoms with Crippen LogP contribution in [0.3, 0.4) is 0 Å². The van der Waals surface area contributed by atoms with Crippen LogP contribution in [-0.4, -0.2) is 15.6 Å². The van der Waals surface area contributed by atoms with E-state index >= 15 is 0 Å². The first kappa shape index (κ1) is 8.94. The zero-order valence-electron chi connectivity index (χ0n) is 5.65. The minimum atomic E-state index is 0.0121. The summed E-state index contributed by atoms with van der Waals surface area (Å²) in [6.07, 6.45) is 0. The Labute approximate surface area is 69.4 Å². The Hall–Kier alpha value is -0.0600. The third-order valence-corrected chi connectivity index (χ3v) is 1.98. The van der Waals surface area contributed by atoms with E-state index in [-0.39, 0.29) is 5.91 Å². The monoisotopic (exact) mass is 239 g/mol. The molecule has 3 heteroatoms. The van der Waals surface area contributed by atoms with Crippen LogP contribution in [0.1, 0.15) is 13.8 Å². The van der Waals surface area contributed by atoms with E-state index in [1.54, 1.807) is 10.0 Å². The lowest BCUT2D eigenvalue weighted by molar-refractivity contribution is -0.121. The summed E-state index contributed by atoms with van der Waals surface area (Å²) in [6.45, 7) is 7.89. The minimum absolute atomic E-state index is 0.0121. The number of nitrogens with zero attached hydrogens (tertiary/aromatic N) is 1. The van der Waals surface area contributed by atoms with Crippen molar-refractivity contribution in [2.45, 2.75) is 13.8 Å². The second-order valence-electron chi connectivity index (χ2n) is 1.76. The SMILES string of the molecule is C=C(C)C(=O)N(I)CC. The number of carbonyl (C=O) groups is 1. The molecule has 52 valence electrons. The normalized spacial score (nSPS) is 8.78. The number of carbonyl (C=O) groups excluding carboxylic acids is 1. The summed E-state index contributed by atoms with van der Waals surface area (Å²) < 4.78 is 1.60. The van der Waals surface area contributed by atoms with E-state index in [4.69, 9.17) is 0 Å². The Morgan fingerprint density at radius 2 is 2.22 bits per heavy atom. The first-order valence-electron chi connectivity index (χ1n) is 2.72. The van der Waals surface area contributed by atoms with Crippen LogP contribution in [0.4, 0.5) is 0 Å². The zero-order chi connectivity index (χ0) is 7.44. The lowest BCUT2D eigenvalue weighted by Gasteiger charge is -2.10. The van der Waals surface area contributed by atoms with Crippen molar-refractivity contribution in [1.82, 2.24) is 3.11 Å². The van der Waals surface area contributed by atoms with Gasteiger partial charge >= 0.3 is 0 Å². The van der Waals surface area contributed by atoms with E-state index < -0.39 is 0 Å². The van der Waals surface area contributed by atoms with Gasteiger partial charge in [-0.3, -0.25) is 7.91 Å². The van der Waals surface area contributed by atoms with Crippen molar-refractivity contribution in [1.29, 1.82) is 0 Å². The fourth-order valence-corrected chi connectivity index (χ4v) is 0.762. The van der Waals surface area contributed by atoms with Gasteiger partial charge in [-0.25, -0.2) is 0 Å². The largest absolute Gasteiger partial charge is 0.281 e. The standard InChI is InChI=1S/C6H10INO/c1-4-8(7)6(9)5(2)3/h2,4H2,1,3H3. The predicted molar refractivity (Wildman–Crippen MR) is 46.2 cm³/mol. The molecule has 0 aromatic heterocycles. The molecular weight excluding hydrogens is 229 g/mol. The highest BCUT2D eigenvalue weighted by molar-refractivity contribution is 14.1. The van der Waals surface area contributed by atoms with Crippen LogP contribution in [0.5, 0.6) is 0 Å². The Bertz CT molecular complexity index is 133. The van der Waals surface area contributed by atoms with Gasteiger partial charge in [0, 0.05) is 12.1 Å². The average Bonchev–Trinajstić information content (AvgIpc) is 1.84. The van der Waals surface area contributed by atoms with E-state index in [1.807, 2.05) is 29.8 Å². The molecule has 0 fully saturated rings. The van der Waals surface area contributed by atoms with Crippen LogP contribution in [0.2, 0.25) is 0 Å². The smallest absolute Gasteiger partial charge is 0.257 e. The highest BCUT2D eigenvalue weighted by atomic mass is 127. The Balaban J connectivity index is 3.88. The van der Waals surface area contributed by atoms with E-state index in [0.717, 1.165) is 6.54 Å². The quantitative estimate of drug-likeness (QED) is 0.408. The molecule has 2 nitrogen and oxygen atoms in total. The van der Waals surface area contributed by atoms with Gasteiger partial charge in [-0.15, -0.1) is 0 Å². The van der Waals surface area contributed by atoms with Crippen molar-refractivity contribution in [3.8, 4) is 0 Å². The molecule has 0 radical (unpaired) electrons. The van der Waals surface area contributed by atoms with Crippen LogP contribution in [0, 0.1) is 0 Å². The molecule has 0 spiro atoms. The molecule has 0 rings (SSSR count). The number of halogens is 1. The number of hydrogen-bond acceptors (Lipinski definition) is 1. The Kier molecular flexibility index (Phi) is 3.84. The first-order chi connectivity index (χ1) is 4.09. The fraction of sp³-hybridized carbons (Fsp3) is 0.500. The number of rotatable bonds is 2. The molecule has 0 aromatic carbocycles. The van der Waals surface area contributed by atoms with E-state index in [2.05, 4.69) is 6.58 Å². The summed E-state index contributed by atoms with van der Waals surface area (Å²) >= 11 is 1.97. The molecule has 9 heavy (non-hydrogen) atoms. The molecule has 0 aliphatic carbocycles. The summed E-state index contributed by atoms with van der Waals surface area (Å²) in [6, 6.07) is 0. The molecule has 0 bridgehead atoms. The lowest BCUT2D eigenvalue weighted by atomic mass is 10.3. The molecule has 0 saturated carbocycles. The van der Waals surface area contributed by atoms with Crippen molar-refractivity contribution in [2.75, 3.05) is 6.54 Å². The van der Waals surface area contributed by atoms with Gasteiger partial charge in [0.1, 0.15) is 0 Å². The van der Waals surface area contributed by atoms with Gasteiger partial charge in [0.05, 0.1) is 22.9 Å². The lowest BCUT2D eigenvalue weighted by Crippen LogP contribution is -2.20. The Morgan fingerprint density at radius 1 is 1.78 bits per heavy atom. The summed E-state index contributed by atoms with van der Waals surface area (Å²) in [5, 5.41) is 0. The van der Waals surface area contributed by atoms with Crippen LogP contribution >= 0.6 is 22.9 Å². The third-order valence-electron chi connectivity index (χ3n) is 0.863. The van der Waals surface area contributed by atoms with Crippen molar-refractivity contribution < 1.29 is 4.79 Å². The van der Waals surface area contributed by atoms with Crippen LogP contribution in [0.25, 0.3) is 0 Å². The molecule has 0 aliphatic heterocycles. The zero-order valence-corrected chi connectivity index (χ0v) is 7.81. The molecule has 0 heterocycles. The molecule has 0 N–H and O–H groups in total. The van der Waals surface area contributed by atoms with Crippen LogP contribution < -0.4 is 0 Å². The second-order valence-corrected chi connectivity index (χ2v) is 2.93. The van der Waals surface area contributed by atoms with Gasteiger partial charge in [-0.2, -0.15) is 0 Å². The average molecular weight is 239 g/mol. The fourth-order valence-electron chi connectivity index (χ4n) is 0.351. The topological polar surface area (TPSA) is 20.3 Å². The number of hydrogen-bond donors (Lipinski definition) is 0.